The summed E-state index contributed by atoms with van der Waals surface area (Å²) in [6.07, 6.45) is 0. The van der Waals surface area contributed by atoms with Crippen LogP contribution in [0.15, 0.2) is 41.2 Å². The minimum absolute atomic E-state index is 0. The second kappa shape index (κ2) is 3.90. The van der Waals surface area contributed by atoms with Crippen LogP contribution in [0.2, 0.25) is 0 Å². The van der Waals surface area contributed by atoms with Crippen molar-refractivity contribution < 1.29 is 0 Å². The largest absolute Gasteiger partial charge is 0.322 e. The van der Waals surface area contributed by atoms with Gasteiger partial charge in [-0.05, 0) is 17.5 Å². The zero-order chi connectivity index (χ0) is 7.68. The van der Waals surface area contributed by atoms with E-state index in [0.29, 0.717) is 0 Å². The Bertz CT molecular complexity index is 435. The van der Waals surface area contributed by atoms with Gasteiger partial charge in [-0.2, -0.15) is 0 Å². The van der Waals surface area contributed by atoms with Gasteiger partial charge >= 0.3 is 0 Å². The number of hydrogen-bond acceptors (Lipinski definition) is 1. The molecule has 0 aliphatic carbocycles. The van der Waals surface area contributed by atoms with Crippen molar-refractivity contribution in [2.75, 3.05) is 0 Å². The van der Waals surface area contributed by atoms with Gasteiger partial charge in [0.2, 0.25) is 5.56 Å². The standard InChI is InChI=1S/C9H7NO.Na/c11-9-6-5-7-3-1-2-4-8(7)10-9;/h1-6H,(H,10,11);. The molecule has 1 N–H and O–H groups in total. The average Bonchev–Trinajstić information content (AvgIpc) is 2.04. The summed E-state index contributed by atoms with van der Waals surface area (Å²) in [7, 11) is 0. The number of aromatic nitrogens is 1. The number of pyridine rings is 1. The first-order valence-electron chi connectivity index (χ1n) is 3.44. The smallest absolute Gasteiger partial charge is 0.248 e. The number of nitrogens with one attached hydrogen (secondary N) is 1. The molecule has 1 radical (unpaired) electrons. The number of fused-ring (bicyclic) bond motifs is 1. The first kappa shape index (κ1) is 9.52. The van der Waals surface area contributed by atoms with Crippen molar-refractivity contribution in [1.29, 1.82) is 0 Å². The van der Waals surface area contributed by atoms with Crippen molar-refractivity contribution in [3.63, 3.8) is 0 Å². The predicted octanol–water partition coefficient (Wildman–Crippen LogP) is 1.15. The van der Waals surface area contributed by atoms with E-state index in [1.807, 2.05) is 30.3 Å². The van der Waals surface area contributed by atoms with E-state index in [9.17, 15) is 4.79 Å². The van der Waals surface area contributed by atoms with E-state index >= 15 is 0 Å². The maximum absolute atomic E-state index is 10.8. The van der Waals surface area contributed by atoms with Gasteiger partial charge in [0.25, 0.3) is 0 Å². The van der Waals surface area contributed by atoms with Gasteiger partial charge in [0.15, 0.2) is 0 Å². The van der Waals surface area contributed by atoms with Crippen molar-refractivity contribution >= 4 is 40.5 Å². The van der Waals surface area contributed by atoms with E-state index in [-0.39, 0.29) is 35.1 Å². The van der Waals surface area contributed by atoms with E-state index in [0.717, 1.165) is 10.9 Å². The Labute approximate surface area is 91.9 Å². The molecule has 55 valence electrons. The second-order valence-corrected chi connectivity index (χ2v) is 2.41. The Kier molecular flexibility index (Phi) is 3.09. The van der Waals surface area contributed by atoms with Crippen LogP contribution in [-0.2, 0) is 0 Å². The zero-order valence-corrected chi connectivity index (χ0v) is 8.87. The van der Waals surface area contributed by atoms with Crippen LogP contribution in [-0.4, -0.2) is 34.5 Å². The topological polar surface area (TPSA) is 32.9 Å². The van der Waals surface area contributed by atoms with E-state index in [1.54, 1.807) is 0 Å². The monoisotopic (exact) mass is 168 g/mol. The van der Waals surface area contributed by atoms with Crippen LogP contribution in [0.5, 0.6) is 0 Å². The van der Waals surface area contributed by atoms with E-state index < -0.39 is 0 Å². The van der Waals surface area contributed by atoms with Gasteiger partial charge < -0.3 is 4.98 Å². The van der Waals surface area contributed by atoms with Gasteiger partial charge in [-0.3, -0.25) is 4.79 Å². The molecule has 1 heterocycles. The van der Waals surface area contributed by atoms with Gasteiger partial charge in [0, 0.05) is 41.1 Å². The Morgan fingerprint density at radius 3 is 2.58 bits per heavy atom. The summed E-state index contributed by atoms with van der Waals surface area (Å²) in [5.74, 6) is 0. The minimum Gasteiger partial charge on any atom is -0.322 e. The summed E-state index contributed by atoms with van der Waals surface area (Å²) in [5, 5.41) is 1.06. The van der Waals surface area contributed by atoms with Crippen molar-refractivity contribution in [3.05, 3.63) is 46.8 Å². The Balaban J connectivity index is 0.000000720. The molecule has 0 saturated heterocycles. The number of aromatic amines is 1. The molecule has 0 unspecified atom stereocenters. The fourth-order valence-electron chi connectivity index (χ4n) is 1.10. The summed E-state index contributed by atoms with van der Waals surface area (Å²) in [6, 6.07) is 11.0. The Hall–Kier alpha value is -0.570. The van der Waals surface area contributed by atoms with Gasteiger partial charge in [-0.15, -0.1) is 0 Å². The van der Waals surface area contributed by atoms with Gasteiger partial charge in [-0.1, -0.05) is 18.2 Å². The molecule has 2 aromatic rings. The van der Waals surface area contributed by atoms with Crippen LogP contribution >= 0.6 is 0 Å². The van der Waals surface area contributed by atoms with Crippen LogP contribution < -0.4 is 5.56 Å². The van der Waals surface area contributed by atoms with Crippen LogP contribution in [0.25, 0.3) is 10.9 Å². The number of hydrogen-bond donors (Lipinski definition) is 1. The SMILES string of the molecule is O=c1ccc2ccccc2[nH]1.[Na]. The molecule has 0 aliphatic heterocycles. The van der Waals surface area contributed by atoms with Crippen molar-refractivity contribution in [1.82, 2.24) is 4.98 Å². The van der Waals surface area contributed by atoms with Crippen molar-refractivity contribution in [2.45, 2.75) is 0 Å². The molecule has 0 bridgehead atoms. The van der Waals surface area contributed by atoms with Crippen molar-refractivity contribution in [2.24, 2.45) is 0 Å². The molecular weight excluding hydrogens is 161 g/mol. The molecule has 1 aromatic heterocycles. The first-order chi connectivity index (χ1) is 5.36. The normalized spacial score (nSPS) is 9.33. The molecule has 0 spiro atoms. The predicted molar refractivity (Wildman–Crippen MR) is 50.3 cm³/mol. The summed E-state index contributed by atoms with van der Waals surface area (Å²) >= 11 is 0. The number of para-hydroxylation sites is 1. The molecule has 3 heteroatoms. The zero-order valence-electron chi connectivity index (χ0n) is 6.87. The summed E-state index contributed by atoms with van der Waals surface area (Å²) in [4.78, 5) is 13.6. The van der Waals surface area contributed by atoms with E-state index in [2.05, 4.69) is 4.98 Å². The molecule has 0 aliphatic rings. The molecule has 0 saturated carbocycles. The molecular formula is C9H7NNaO. The molecule has 2 nitrogen and oxygen atoms in total. The number of benzene rings is 1. The third kappa shape index (κ3) is 1.78. The molecule has 0 fully saturated rings. The quantitative estimate of drug-likeness (QED) is 0.588. The molecule has 2 rings (SSSR count). The maximum atomic E-state index is 10.8. The summed E-state index contributed by atoms with van der Waals surface area (Å²) in [5.41, 5.74) is 0.837. The Morgan fingerprint density at radius 2 is 1.75 bits per heavy atom. The molecule has 1 aromatic carbocycles. The minimum atomic E-state index is -0.0521. The summed E-state index contributed by atoms with van der Waals surface area (Å²) in [6.45, 7) is 0. The fraction of sp³-hybridized carbons (Fsp3) is 0. The average molecular weight is 168 g/mol. The second-order valence-electron chi connectivity index (χ2n) is 2.41. The number of rotatable bonds is 0. The van der Waals surface area contributed by atoms with Crippen molar-refractivity contribution in [3.8, 4) is 0 Å². The third-order valence-corrected chi connectivity index (χ3v) is 1.63. The molecule has 0 amide bonds. The van der Waals surface area contributed by atoms with Crippen LogP contribution in [0.4, 0.5) is 0 Å². The van der Waals surface area contributed by atoms with Gasteiger partial charge in [0.05, 0.1) is 0 Å². The van der Waals surface area contributed by atoms with E-state index in [4.69, 9.17) is 0 Å². The molecule has 0 atom stereocenters. The van der Waals surface area contributed by atoms with Crippen LogP contribution in [0.1, 0.15) is 0 Å². The summed E-state index contributed by atoms with van der Waals surface area (Å²) < 4.78 is 0. The Morgan fingerprint density at radius 1 is 1.00 bits per heavy atom. The van der Waals surface area contributed by atoms with Gasteiger partial charge in [0.1, 0.15) is 0 Å². The third-order valence-electron chi connectivity index (χ3n) is 1.63. The van der Waals surface area contributed by atoms with E-state index in [1.165, 1.54) is 6.07 Å². The van der Waals surface area contributed by atoms with Gasteiger partial charge in [-0.25, -0.2) is 0 Å². The maximum Gasteiger partial charge on any atom is 0.248 e. The first-order valence-corrected chi connectivity index (χ1v) is 3.44. The fourth-order valence-corrected chi connectivity index (χ4v) is 1.10. The van der Waals surface area contributed by atoms with Crippen LogP contribution in [0, 0.1) is 0 Å². The number of H-pyrrole nitrogens is 1. The molecule has 12 heavy (non-hydrogen) atoms. The van der Waals surface area contributed by atoms with Crippen LogP contribution in [0.3, 0.4) is 0 Å².